The number of nitrogens with zero attached hydrogens (tertiary/aromatic N) is 1. The van der Waals surface area contributed by atoms with Crippen LogP contribution >= 0.6 is 15.9 Å². The summed E-state index contributed by atoms with van der Waals surface area (Å²) >= 11 is 3.45. The van der Waals surface area contributed by atoms with E-state index < -0.39 is 0 Å². The van der Waals surface area contributed by atoms with Gasteiger partial charge in [0.1, 0.15) is 11.5 Å². The van der Waals surface area contributed by atoms with Gasteiger partial charge in [0.25, 0.3) is 0 Å². The Kier molecular flexibility index (Phi) is 5.76. The Bertz CT molecular complexity index is 584. The van der Waals surface area contributed by atoms with Crippen LogP contribution < -0.4 is 10.1 Å². The number of hydrogen-bond acceptors (Lipinski definition) is 3. The molecule has 112 valence electrons. The van der Waals surface area contributed by atoms with Crippen LogP contribution in [0.4, 0.5) is 0 Å². The van der Waals surface area contributed by atoms with Crippen LogP contribution in [0.15, 0.2) is 41.0 Å². The van der Waals surface area contributed by atoms with E-state index in [4.69, 9.17) is 4.74 Å². The van der Waals surface area contributed by atoms with E-state index >= 15 is 0 Å². The molecular weight excluding hydrogens is 328 g/mol. The van der Waals surface area contributed by atoms with Crippen molar-refractivity contribution in [2.75, 3.05) is 6.54 Å². The molecule has 1 aromatic carbocycles. The van der Waals surface area contributed by atoms with E-state index in [1.807, 2.05) is 37.3 Å². The zero-order chi connectivity index (χ0) is 15.2. The maximum Gasteiger partial charge on any atom is 0.145 e. The minimum atomic E-state index is 0.304. The van der Waals surface area contributed by atoms with Gasteiger partial charge in [-0.25, -0.2) is 0 Å². The molecule has 0 radical (unpaired) electrons. The van der Waals surface area contributed by atoms with Gasteiger partial charge in [0.05, 0.1) is 11.9 Å². The lowest BCUT2D eigenvalue weighted by atomic mass is 10.1. The van der Waals surface area contributed by atoms with Gasteiger partial charge in [-0.05, 0) is 55.8 Å². The predicted molar refractivity (Wildman–Crippen MR) is 89.9 cm³/mol. The van der Waals surface area contributed by atoms with Gasteiger partial charge in [-0.15, -0.1) is 0 Å². The van der Waals surface area contributed by atoms with Gasteiger partial charge in [-0.1, -0.05) is 29.8 Å². The zero-order valence-electron chi connectivity index (χ0n) is 12.7. The third-order valence-corrected chi connectivity index (χ3v) is 3.83. The summed E-state index contributed by atoms with van der Waals surface area (Å²) in [5.41, 5.74) is 2.15. The second kappa shape index (κ2) is 7.57. The summed E-state index contributed by atoms with van der Waals surface area (Å²) in [6.45, 7) is 7.23. The summed E-state index contributed by atoms with van der Waals surface area (Å²) in [5, 5.41) is 3.42. The van der Waals surface area contributed by atoms with E-state index in [1.165, 1.54) is 0 Å². The van der Waals surface area contributed by atoms with E-state index in [1.54, 1.807) is 6.20 Å². The number of halogens is 1. The molecule has 0 bridgehead atoms. The Morgan fingerprint density at radius 1 is 1.24 bits per heavy atom. The SMILES string of the molecule is CCNC(CC)c1ccc(Oc2ccc(Br)cc2C)cn1. The van der Waals surface area contributed by atoms with Crippen molar-refractivity contribution in [2.45, 2.75) is 33.2 Å². The molecule has 3 nitrogen and oxygen atoms in total. The van der Waals surface area contributed by atoms with Gasteiger partial charge >= 0.3 is 0 Å². The second-order valence-electron chi connectivity index (χ2n) is 4.95. The van der Waals surface area contributed by atoms with Crippen LogP contribution in [0.3, 0.4) is 0 Å². The number of aryl methyl sites for hydroxylation is 1. The molecule has 1 unspecified atom stereocenters. The fourth-order valence-corrected chi connectivity index (χ4v) is 2.69. The van der Waals surface area contributed by atoms with E-state index in [2.05, 4.69) is 40.1 Å². The molecule has 1 N–H and O–H groups in total. The van der Waals surface area contributed by atoms with Crippen molar-refractivity contribution in [1.82, 2.24) is 10.3 Å². The van der Waals surface area contributed by atoms with Crippen LogP contribution in [0, 0.1) is 6.92 Å². The number of pyridine rings is 1. The molecule has 4 heteroatoms. The molecule has 0 fully saturated rings. The average Bonchev–Trinajstić information content (AvgIpc) is 2.48. The summed E-state index contributed by atoms with van der Waals surface area (Å²) in [7, 11) is 0. The third-order valence-electron chi connectivity index (χ3n) is 3.34. The van der Waals surface area contributed by atoms with Gasteiger partial charge in [0, 0.05) is 10.5 Å². The van der Waals surface area contributed by atoms with Crippen LogP contribution in [-0.4, -0.2) is 11.5 Å². The molecule has 0 aliphatic carbocycles. The number of rotatable bonds is 6. The lowest BCUT2D eigenvalue weighted by Crippen LogP contribution is -2.20. The highest BCUT2D eigenvalue weighted by atomic mass is 79.9. The van der Waals surface area contributed by atoms with Crippen LogP contribution in [0.5, 0.6) is 11.5 Å². The largest absolute Gasteiger partial charge is 0.455 e. The Morgan fingerprint density at radius 3 is 2.62 bits per heavy atom. The quantitative estimate of drug-likeness (QED) is 0.796. The minimum absolute atomic E-state index is 0.304. The molecule has 0 saturated heterocycles. The maximum atomic E-state index is 5.89. The van der Waals surface area contributed by atoms with Gasteiger partial charge in [-0.2, -0.15) is 0 Å². The molecular formula is C17H21BrN2O. The highest BCUT2D eigenvalue weighted by molar-refractivity contribution is 9.10. The molecule has 0 saturated carbocycles. The van der Waals surface area contributed by atoms with Crippen molar-refractivity contribution < 1.29 is 4.74 Å². The van der Waals surface area contributed by atoms with E-state index in [-0.39, 0.29) is 0 Å². The van der Waals surface area contributed by atoms with Crippen molar-refractivity contribution in [1.29, 1.82) is 0 Å². The molecule has 21 heavy (non-hydrogen) atoms. The van der Waals surface area contributed by atoms with Crippen LogP contribution in [0.25, 0.3) is 0 Å². The van der Waals surface area contributed by atoms with Crippen molar-refractivity contribution in [3.8, 4) is 11.5 Å². The number of nitrogens with one attached hydrogen (secondary N) is 1. The van der Waals surface area contributed by atoms with Crippen molar-refractivity contribution >= 4 is 15.9 Å². The van der Waals surface area contributed by atoms with Crippen molar-refractivity contribution in [3.05, 3.63) is 52.3 Å². The average molecular weight is 349 g/mol. The minimum Gasteiger partial charge on any atom is -0.455 e. The summed E-state index contributed by atoms with van der Waals surface area (Å²) in [6, 6.07) is 10.3. The predicted octanol–water partition coefficient (Wildman–Crippen LogP) is 5.01. The standard InChI is InChI=1S/C17H21BrN2O/c1-4-15(19-5-2)16-8-7-14(11-20-16)21-17-9-6-13(18)10-12(17)3/h6-11,15,19H,4-5H2,1-3H3. The molecule has 1 atom stereocenters. The molecule has 2 rings (SSSR count). The van der Waals surface area contributed by atoms with Crippen LogP contribution in [-0.2, 0) is 0 Å². The fraction of sp³-hybridized carbons (Fsp3) is 0.353. The Hall–Kier alpha value is -1.39. The maximum absolute atomic E-state index is 5.89. The van der Waals surface area contributed by atoms with Gasteiger partial charge in [0.2, 0.25) is 0 Å². The number of ether oxygens (including phenoxy) is 1. The topological polar surface area (TPSA) is 34.1 Å². The Morgan fingerprint density at radius 2 is 2.05 bits per heavy atom. The number of aromatic nitrogens is 1. The lowest BCUT2D eigenvalue weighted by molar-refractivity contribution is 0.472. The molecule has 2 aromatic rings. The van der Waals surface area contributed by atoms with Gasteiger partial charge in [-0.3, -0.25) is 4.98 Å². The first-order chi connectivity index (χ1) is 10.1. The van der Waals surface area contributed by atoms with Crippen LogP contribution in [0.1, 0.15) is 37.6 Å². The highest BCUT2D eigenvalue weighted by Crippen LogP contribution is 2.27. The Balaban J connectivity index is 2.11. The van der Waals surface area contributed by atoms with Crippen LogP contribution in [0.2, 0.25) is 0 Å². The first kappa shape index (κ1) is 16.0. The first-order valence-corrected chi connectivity index (χ1v) is 8.06. The van der Waals surface area contributed by atoms with E-state index in [0.717, 1.165) is 40.2 Å². The van der Waals surface area contributed by atoms with E-state index in [9.17, 15) is 0 Å². The highest BCUT2D eigenvalue weighted by Gasteiger charge is 2.09. The lowest BCUT2D eigenvalue weighted by Gasteiger charge is -2.15. The molecule has 1 heterocycles. The Labute approximate surface area is 134 Å². The summed E-state index contributed by atoms with van der Waals surface area (Å²) in [4.78, 5) is 4.52. The molecule has 1 aromatic heterocycles. The zero-order valence-corrected chi connectivity index (χ0v) is 14.3. The third kappa shape index (κ3) is 4.29. The number of benzene rings is 1. The summed E-state index contributed by atoms with van der Waals surface area (Å²) < 4.78 is 6.94. The smallest absolute Gasteiger partial charge is 0.145 e. The monoisotopic (exact) mass is 348 g/mol. The molecule has 0 spiro atoms. The van der Waals surface area contributed by atoms with Crippen molar-refractivity contribution in [2.24, 2.45) is 0 Å². The normalized spacial score (nSPS) is 12.2. The molecule has 0 amide bonds. The number of hydrogen-bond donors (Lipinski definition) is 1. The summed E-state index contributed by atoms with van der Waals surface area (Å²) in [6.07, 6.45) is 2.81. The van der Waals surface area contributed by atoms with Gasteiger partial charge in [0.15, 0.2) is 0 Å². The molecule has 0 aliphatic heterocycles. The molecule has 0 aliphatic rings. The van der Waals surface area contributed by atoms with Gasteiger partial charge < -0.3 is 10.1 Å². The van der Waals surface area contributed by atoms with Crippen molar-refractivity contribution in [3.63, 3.8) is 0 Å². The summed E-state index contributed by atoms with van der Waals surface area (Å²) in [5.74, 6) is 1.61. The first-order valence-electron chi connectivity index (χ1n) is 7.27. The second-order valence-corrected chi connectivity index (χ2v) is 5.86. The van der Waals surface area contributed by atoms with E-state index in [0.29, 0.717) is 6.04 Å². The fourth-order valence-electron chi connectivity index (χ4n) is 2.22.